The molecule has 1 aliphatic heterocycles. The number of benzene rings is 1. The molecule has 4 nitrogen and oxygen atoms in total. The van der Waals surface area contributed by atoms with E-state index >= 15 is 0 Å². The molecule has 2 rings (SSSR count). The second kappa shape index (κ2) is 4.72. The predicted octanol–water partition coefficient (Wildman–Crippen LogP) is 2.16. The van der Waals surface area contributed by atoms with Gasteiger partial charge < -0.3 is 5.32 Å². The third-order valence-corrected chi connectivity index (χ3v) is 4.47. The van der Waals surface area contributed by atoms with Crippen molar-refractivity contribution in [3.05, 3.63) is 28.3 Å². The van der Waals surface area contributed by atoms with E-state index in [-0.39, 0.29) is 18.1 Å². The number of alkyl halides is 1. The summed E-state index contributed by atoms with van der Waals surface area (Å²) in [5, 5.41) is 2.31. The summed E-state index contributed by atoms with van der Waals surface area (Å²) in [6.45, 7) is 0. The molecule has 1 aromatic rings. The lowest BCUT2D eigenvalue weighted by atomic mass is 10.1. The van der Waals surface area contributed by atoms with Gasteiger partial charge in [0, 0.05) is 17.0 Å². The molecule has 1 aliphatic rings. The first kappa shape index (κ1) is 13.6. The van der Waals surface area contributed by atoms with Crippen molar-refractivity contribution in [2.75, 3.05) is 17.3 Å². The van der Waals surface area contributed by atoms with Crippen molar-refractivity contribution in [1.82, 2.24) is 0 Å². The van der Waals surface area contributed by atoms with Gasteiger partial charge in [-0.05, 0) is 17.2 Å². The van der Waals surface area contributed by atoms with Crippen LogP contribution in [0.4, 0.5) is 5.69 Å². The van der Waals surface area contributed by atoms with Gasteiger partial charge in [0.15, 0.2) is 0 Å². The van der Waals surface area contributed by atoms with Crippen LogP contribution in [0.3, 0.4) is 0 Å². The molecule has 1 N–H and O–H groups in total. The van der Waals surface area contributed by atoms with Crippen LogP contribution in [-0.2, 0) is 21.1 Å². The molecule has 0 spiro atoms. The highest BCUT2D eigenvalue weighted by atomic mass is 35.5. The third kappa shape index (κ3) is 2.96. The lowest BCUT2D eigenvalue weighted by Gasteiger charge is -2.12. The highest BCUT2D eigenvalue weighted by Crippen LogP contribution is 2.35. The van der Waals surface area contributed by atoms with Crippen LogP contribution >= 0.6 is 23.2 Å². The number of carbonyl (C=O) groups excluding carboxylic acids is 1. The number of rotatable bonds is 3. The molecule has 18 heavy (non-hydrogen) atoms. The number of nitrogens with one attached hydrogen (secondary N) is 1. The van der Waals surface area contributed by atoms with Crippen molar-refractivity contribution in [3.63, 3.8) is 0 Å². The van der Waals surface area contributed by atoms with Gasteiger partial charge in [0.1, 0.15) is 9.84 Å². The van der Waals surface area contributed by atoms with Crippen LogP contribution in [0.1, 0.15) is 16.5 Å². The normalized spacial score (nSPS) is 16.3. The zero-order valence-corrected chi connectivity index (χ0v) is 11.9. The molecule has 0 aromatic heterocycles. The Hall–Kier alpha value is -0.780. The predicted molar refractivity (Wildman–Crippen MR) is 72.1 cm³/mol. The Kier molecular flexibility index (Phi) is 3.58. The van der Waals surface area contributed by atoms with E-state index in [1.807, 2.05) is 0 Å². The molecule has 1 aromatic carbocycles. The summed E-state index contributed by atoms with van der Waals surface area (Å²) in [6, 6.07) is 3.30. The van der Waals surface area contributed by atoms with Gasteiger partial charge in [-0.3, -0.25) is 4.79 Å². The van der Waals surface area contributed by atoms with E-state index in [4.69, 9.17) is 23.2 Å². The summed E-state index contributed by atoms with van der Waals surface area (Å²) < 4.78 is 22.4. The minimum atomic E-state index is -3.19. The average Bonchev–Trinajstić information content (AvgIpc) is 2.53. The van der Waals surface area contributed by atoms with Crippen LogP contribution < -0.4 is 5.32 Å². The Labute approximate surface area is 115 Å². The van der Waals surface area contributed by atoms with Crippen molar-refractivity contribution in [1.29, 1.82) is 0 Å². The maximum atomic E-state index is 11.2. The number of amides is 1. The van der Waals surface area contributed by atoms with Gasteiger partial charge in [0.2, 0.25) is 5.91 Å². The summed E-state index contributed by atoms with van der Waals surface area (Å²) in [6.07, 6.45) is 1.39. The summed E-state index contributed by atoms with van der Waals surface area (Å²) in [4.78, 5) is 11.2. The highest BCUT2D eigenvalue weighted by molar-refractivity contribution is 7.90. The lowest BCUT2D eigenvalue weighted by molar-refractivity contribution is -0.115. The molecular weight excluding hydrogens is 297 g/mol. The first-order valence-corrected chi connectivity index (χ1v) is 8.08. The van der Waals surface area contributed by atoms with E-state index in [2.05, 4.69) is 5.32 Å². The average molecular weight is 308 g/mol. The molecule has 7 heteroatoms. The van der Waals surface area contributed by atoms with Gasteiger partial charge in [-0.15, -0.1) is 11.6 Å². The van der Waals surface area contributed by atoms with Crippen LogP contribution in [0.2, 0.25) is 5.02 Å². The first-order valence-electron chi connectivity index (χ1n) is 5.20. The summed E-state index contributed by atoms with van der Waals surface area (Å²) in [5.41, 5.74) is 1.99. The van der Waals surface area contributed by atoms with Crippen molar-refractivity contribution >= 4 is 44.6 Å². The summed E-state index contributed by atoms with van der Waals surface area (Å²) >= 11 is 12.1. The van der Waals surface area contributed by atoms with Gasteiger partial charge in [-0.2, -0.15) is 0 Å². The van der Waals surface area contributed by atoms with Gasteiger partial charge in [0.25, 0.3) is 0 Å². The van der Waals surface area contributed by atoms with Gasteiger partial charge >= 0.3 is 0 Å². The van der Waals surface area contributed by atoms with Crippen LogP contribution in [0.15, 0.2) is 12.1 Å². The number of carbonyl (C=O) groups is 1. The number of anilines is 1. The maximum Gasteiger partial charge on any atom is 0.228 e. The molecule has 0 aliphatic carbocycles. The Balaban J connectivity index is 2.35. The number of sulfone groups is 1. The standard InChI is InChI=1S/C11H11Cl2NO3S/c1-18(16,17)5-9(13)7-2-6-3-11(15)14-10(6)4-8(7)12/h2,4,9H,3,5H2,1H3,(H,14,15). The molecular formula is C11H11Cl2NO3S. The van der Waals surface area contributed by atoms with Crippen molar-refractivity contribution in [3.8, 4) is 0 Å². The quantitative estimate of drug-likeness (QED) is 0.870. The van der Waals surface area contributed by atoms with Crippen molar-refractivity contribution < 1.29 is 13.2 Å². The molecule has 0 fully saturated rings. The SMILES string of the molecule is CS(=O)(=O)CC(Cl)c1cc2c(cc1Cl)NC(=O)C2. The largest absolute Gasteiger partial charge is 0.325 e. The molecule has 0 bridgehead atoms. The summed E-state index contributed by atoms with van der Waals surface area (Å²) in [7, 11) is -3.19. The first-order chi connectivity index (χ1) is 8.26. The topological polar surface area (TPSA) is 63.2 Å². The minimum Gasteiger partial charge on any atom is -0.325 e. The molecule has 1 unspecified atom stereocenters. The Bertz CT molecular complexity index is 613. The molecule has 0 radical (unpaired) electrons. The third-order valence-electron chi connectivity index (χ3n) is 2.63. The number of hydrogen-bond acceptors (Lipinski definition) is 3. The van der Waals surface area contributed by atoms with Crippen molar-refractivity contribution in [2.24, 2.45) is 0 Å². The monoisotopic (exact) mass is 307 g/mol. The number of hydrogen-bond donors (Lipinski definition) is 1. The smallest absolute Gasteiger partial charge is 0.228 e. The Morgan fingerprint density at radius 2 is 2.11 bits per heavy atom. The molecule has 1 atom stereocenters. The van der Waals surface area contributed by atoms with E-state index in [0.29, 0.717) is 16.3 Å². The summed E-state index contributed by atoms with van der Waals surface area (Å²) in [5.74, 6) is -0.290. The fraction of sp³-hybridized carbons (Fsp3) is 0.364. The van der Waals surface area contributed by atoms with E-state index < -0.39 is 15.2 Å². The fourth-order valence-electron chi connectivity index (χ4n) is 1.86. The molecule has 1 amide bonds. The van der Waals surface area contributed by atoms with Gasteiger partial charge in [-0.1, -0.05) is 17.7 Å². The van der Waals surface area contributed by atoms with Gasteiger partial charge in [0.05, 0.1) is 17.6 Å². The minimum absolute atomic E-state index is 0.104. The zero-order chi connectivity index (χ0) is 13.5. The van der Waals surface area contributed by atoms with E-state index in [9.17, 15) is 13.2 Å². The Morgan fingerprint density at radius 3 is 2.72 bits per heavy atom. The zero-order valence-electron chi connectivity index (χ0n) is 9.54. The molecule has 98 valence electrons. The van der Waals surface area contributed by atoms with E-state index in [0.717, 1.165) is 11.8 Å². The van der Waals surface area contributed by atoms with Crippen LogP contribution in [0.5, 0.6) is 0 Å². The van der Waals surface area contributed by atoms with E-state index in [1.54, 1.807) is 12.1 Å². The second-order valence-electron chi connectivity index (χ2n) is 4.32. The molecule has 1 heterocycles. The van der Waals surface area contributed by atoms with E-state index in [1.165, 1.54) is 0 Å². The maximum absolute atomic E-state index is 11.2. The van der Waals surface area contributed by atoms with Crippen molar-refractivity contribution in [2.45, 2.75) is 11.8 Å². The lowest BCUT2D eigenvalue weighted by Crippen LogP contribution is -2.09. The second-order valence-corrected chi connectivity index (χ2v) is 7.43. The number of halogens is 2. The van der Waals surface area contributed by atoms with Crippen LogP contribution in [0.25, 0.3) is 0 Å². The molecule has 0 saturated heterocycles. The van der Waals surface area contributed by atoms with Crippen LogP contribution in [0, 0.1) is 0 Å². The number of fused-ring (bicyclic) bond motifs is 1. The fourth-order valence-corrected chi connectivity index (χ4v) is 3.79. The Morgan fingerprint density at radius 1 is 1.44 bits per heavy atom. The van der Waals surface area contributed by atoms with Crippen LogP contribution in [-0.4, -0.2) is 26.3 Å². The molecule has 0 saturated carbocycles. The van der Waals surface area contributed by atoms with Gasteiger partial charge in [-0.25, -0.2) is 8.42 Å². The highest BCUT2D eigenvalue weighted by Gasteiger charge is 2.23.